The van der Waals surface area contributed by atoms with E-state index < -0.39 is 11.9 Å². The average molecular weight is 226 g/mol. The molecule has 1 aromatic carbocycles. The number of imidazole rings is 1. The lowest BCUT2D eigenvalue weighted by molar-refractivity contribution is -0.140. The zero-order chi connectivity index (χ0) is 11.8. The molecule has 0 amide bonds. The molecule has 0 spiro atoms. The van der Waals surface area contributed by atoms with E-state index in [-0.39, 0.29) is 5.82 Å². The lowest BCUT2D eigenvalue weighted by Crippen LogP contribution is -2.04. The molecule has 0 unspecified atom stereocenters. The molecule has 5 heteroatoms. The van der Waals surface area contributed by atoms with Crippen LogP contribution >= 0.6 is 0 Å². The summed E-state index contributed by atoms with van der Waals surface area (Å²) in [6.07, 6.45) is -3.58. The molecule has 0 bridgehead atoms. The van der Waals surface area contributed by atoms with Crippen molar-refractivity contribution in [1.82, 2.24) is 9.97 Å². The van der Waals surface area contributed by atoms with Crippen LogP contribution in [-0.2, 0) is 6.18 Å². The zero-order valence-electron chi connectivity index (χ0n) is 8.47. The van der Waals surface area contributed by atoms with Crippen molar-refractivity contribution >= 4 is 0 Å². The number of H-pyrrole nitrogens is 1. The lowest BCUT2D eigenvalue weighted by atomic mass is 10.1. The Hall–Kier alpha value is -1.78. The first-order valence-electron chi connectivity index (χ1n) is 4.66. The smallest absolute Gasteiger partial charge is 0.334 e. The van der Waals surface area contributed by atoms with Gasteiger partial charge in [0.2, 0.25) is 0 Å². The Bertz CT molecular complexity index is 500. The molecule has 0 radical (unpaired) electrons. The van der Waals surface area contributed by atoms with Gasteiger partial charge in [-0.25, -0.2) is 4.98 Å². The first-order chi connectivity index (χ1) is 7.47. The van der Waals surface area contributed by atoms with Crippen LogP contribution in [-0.4, -0.2) is 9.97 Å². The van der Waals surface area contributed by atoms with E-state index in [4.69, 9.17) is 0 Å². The second kappa shape index (κ2) is 3.66. The highest BCUT2D eigenvalue weighted by Gasteiger charge is 2.33. The van der Waals surface area contributed by atoms with Gasteiger partial charge in [-0.05, 0) is 13.0 Å². The number of nitrogens with one attached hydrogen (secondary N) is 1. The maximum atomic E-state index is 12.3. The largest absolute Gasteiger partial charge is 0.432 e. The van der Waals surface area contributed by atoms with Crippen LogP contribution in [0.1, 0.15) is 11.3 Å². The van der Waals surface area contributed by atoms with Crippen molar-refractivity contribution in [2.75, 3.05) is 0 Å². The molecule has 1 aromatic heterocycles. The number of nitrogens with zero attached hydrogens (tertiary/aromatic N) is 1. The summed E-state index contributed by atoms with van der Waals surface area (Å²) in [4.78, 5) is 5.98. The van der Waals surface area contributed by atoms with Crippen LogP contribution in [0.15, 0.2) is 30.5 Å². The second-order valence-corrected chi connectivity index (χ2v) is 3.51. The Kier molecular flexibility index (Phi) is 2.46. The maximum absolute atomic E-state index is 12.3. The van der Waals surface area contributed by atoms with E-state index in [0.717, 1.165) is 11.8 Å². The molecule has 0 aliphatic heterocycles. The molecule has 16 heavy (non-hydrogen) atoms. The molecule has 2 nitrogen and oxygen atoms in total. The molecule has 0 fully saturated rings. The van der Waals surface area contributed by atoms with E-state index in [0.29, 0.717) is 5.56 Å². The normalized spacial score (nSPS) is 11.8. The number of aromatic amines is 1. The standard InChI is InChI=1S/C11H9F3N2/c1-7-3-2-4-8(5-7)10-15-6-9(16-10)11(12,13)14/h2-6H,1H3,(H,15,16). The minimum absolute atomic E-state index is 0.232. The molecule has 0 aliphatic carbocycles. The lowest BCUT2D eigenvalue weighted by Gasteiger charge is -2.01. The summed E-state index contributed by atoms with van der Waals surface area (Å²) >= 11 is 0. The quantitative estimate of drug-likeness (QED) is 0.793. The Morgan fingerprint density at radius 2 is 2.00 bits per heavy atom. The van der Waals surface area contributed by atoms with E-state index >= 15 is 0 Å². The molecule has 0 saturated carbocycles. The Balaban J connectivity index is 2.39. The van der Waals surface area contributed by atoms with E-state index in [1.165, 1.54) is 0 Å². The number of halogens is 3. The fourth-order valence-corrected chi connectivity index (χ4v) is 1.40. The predicted octanol–water partition coefficient (Wildman–Crippen LogP) is 3.40. The van der Waals surface area contributed by atoms with Gasteiger partial charge in [-0.2, -0.15) is 13.2 Å². The molecule has 2 aromatic rings. The first kappa shape index (κ1) is 10.7. The number of aromatic nitrogens is 2. The van der Waals surface area contributed by atoms with E-state index in [1.54, 1.807) is 18.2 Å². The number of hydrogen-bond acceptors (Lipinski definition) is 1. The fourth-order valence-electron chi connectivity index (χ4n) is 1.40. The first-order valence-corrected chi connectivity index (χ1v) is 4.66. The van der Waals surface area contributed by atoms with Gasteiger partial charge in [0.1, 0.15) is 11.5 Å². The van der Waals surface area contributed by atoms with Gasteiger partial charge < -0.3 is 4.98 Å². The van der Waals surface area contributed by atoms with Gasteiger partial charge in [0.15, 0.2) is 0 Å². The van der Waals surface area contributed by atoms with E-state index in [9.17, 15) is 13.2 Å². The average Bonchev–Trinajstić information content (AvgIpc) is 2.65. The summed E-state index contributed by atoms with van der Waals surface area (Å²) < 4.78 is 37.0. The highest BCUT2D eigenvalue weighted by Crippen LogP contribution is 2.29. The van der Waals surface area contributed by atoms with Crippen LogP contribution < -0.4 is 0 Å². The Morgan fingerprint density at radius 3 is 2.56 bits per heavy atom. The van der Waals surface area contributed by atoms with Crippen molar-refractivity contribution in [2.45, 2.75) is 13.1 Å². The number of hydrogen-bond donors (Lipinski definition) is 1. The third-order valence-electron chi connectivity index (χ3n) is 2.17. The van der Waals surface area contributed by atoms with Crippen LogP contribution in [0.4, 0.5) is 13.2 Å². The number of alkyl halides is 3. The molecule has 0 atom stereocenters. The van der Waals surface area contributed by atoms with Gasteiger partial charge in [-0.3, -0.25) is 0 Å². The van der Waals surface area contributed by atoms with Crippen molar-refractivity contribution in [3.63, 3.8) is 0 Å². The summed E-state index contributed by atoms with van der Waals surface area (Å²) in [6, 6.07) is 7.14. The molecular formula is C11H9F3N2. The van der Waals surface area contributed by atoms with Crippen LogP contribution in [0.2, 0.25) is 0 Å². The van der Waals surface area contributed by atoms with Gasteiger partial charge in [-0.1, -0.05) is 23.8 Å². The second-order valence-electron chi connectivity index (χ2n) is 3.51. The summed E-state index contributed by atoms with van der Waals surface area (Å²) in [5.41, 5.74) is 0.793. The van der Waals surface area contributed by atoms with Gasteiger partial charge in [0.05, 0.1) is 6.20 Å². The third kappa shape index (κ3) is 2.08. The zero-order valence-corrected chi connectivity index (χ0v) is 8.47. The van der Waals surface area contributed by atoms with Gasteiger partial charge in [0, 0.05) is 5.56 Å². The molecule has 1 heterocycles. The van der Waals surface area contributed by atoms with Gasteiger partial charge in [0.25, 0.3) is 0 Å². The summed E-state index contributed by atoms with van der Waals surface area (Å²) in [5.74, 6) is 0.232. The minimum atomic E-state index is -4.38. The summed E-state index contributed by atoms with van der Waals surface area (Å²) in [7, 11) is 0. The molecule has 0 saturated heterocycles. The molecular weight excluding hydrogens is 217 g/mol. The maximum Gasteiger partial charge on any atom is 0.432 e. The van der Waals surface area contributed by atoms with Crippen molar-refractivity contribution < 1.29 is 13.2 Å². The van der Waals surface area contributed by atoms with Gasteiger partial charge >= 0.3 is 6.18 Å². The van der Waals surface area contributed by atoms with E-state index in [1.807, 2.05) is 13.0 Å². The summed E-state index contributed by atoms with van der Waals surface area (Å²) in [6.45, 7) is 1.87. The van der Waals surface area contributed by atoms with Crippen LogP contribution in [0.25, 0.3) is 11.4 Å². The monoisotopic (exact) mass is 226 g/mol. The fraction of sp³-hybridized carbons (Fsp3) is 0.182. The highest BCUT2D eigenvalue weighted by atomic mass is 19.4. The molecule has 0 aliphatic rings. The Morgan fingerprint density at radius 1 is 1.25 bits per heavy atom. The van der Waals surface area contributed by atoms with Crippen molar-refractivity contribution in [3.05, 3.63) is 41.7 Å². The number of rotatable bonds is 1. The Labute approximate surface area is 90.1 Å². The molecule has 1 N–H and O–H groups in total. The predicted molar refractivity (Wildman–Crippen MR) is 53.8 cm³/mol. The van der Waals surface area contributed by atoms with Crippen molar-refractivity contribution in [1.29, 1.82) is 0 Å². The minimum Gasteiger partial charge on any atom is -0.334 e. The topological polar surface area (TPSA) is 28.7 Å². The molecule has 2 rings (SSSR count). The number of benzene rings is 1. The van der Waals surface area contributed by atoms with E-state index in [2.05, 4.69) is 9.97 Å². The van der Waals surface area contributed by atoms with Crippen LogP contribution in [0.5, 0.6) is 0 Å². The van der Waals surface area contributed by atoms with Crippen molar-refractivity contribution in [2.24, 2.45) is 0 Å². The van der Waals surface area contributed by atoms with Crippen molar-refractivity contribution in [3.8, 4) is 11.4 Å². The summed E-state index contributed by atoms with van der Waals surface area (Å²) in [5, 5.41) is 0. The SMILES string of the molecule is Cc1cccc(-c2ncc(C(F)(F)F)[nH]2)c1. The highest BCUT2D eigenvalue weighted by molar-refractivity contribution is 5.56. The molecule has 84 valence electrons. The van der Waals surface area contributed by atoms with Crippen LogP contribution in [0, 0.1) is 6.92 Å². The number of aryl methyl sites for hydroxylation is 1. The van der Waals surface area contributed by atoms with Crippen LogP contribution in [0.3, 0.4) is 0 Å². The van der Waals surface area contributed by atoms with Gasteiger partial charge in [-0.15, -0.1) is 0 Å². The third-order valence-corrected chi connectivity index (χ3v) is 2.17.